The first-order chi connectivity index (χ1) is 11.0. The number of halogens is 2. The Morgan fingerprint density at radius 3 is 2.70 bits per heavy atom. The second-order valence-electron chi connectivity index (χ2n) is 5.73. The van der Waals surface area contributed by atoms with Crippen molar-refractivity contribution < 1.29 is 9.90 Å². The van der Waals surface area contributed by atoms with E-state index < -0.39 is 0 Å². The van der Waals surface area contributed by atoms with Crippen molar-refractivity contribution in [1.29, 1.82) is 0 Å². The molecule has 1 N–H and O–H groups in total. The Morgan fingerprint density at radius 1 is 1.26 bits per heavy atom. The van der Waals surface area contributed by atoms with Crippen LogP contribution >= 0.6 is 23.2 Å². The van der Waals surface area contributed by atoms with Crippen molar-refractivity contribution >= 4 is 29.1 Å². The maximum Gasteiger partial charge on any atom is 0.227 e. The van der Waals surface area contributed by atoms with Crippen LogP contribution in [0.4, 0.5) is 0 Å². The summed E-state index contributed by atoms with van der Waals surface area (Å²) in [7, 11) is 0. The van der Waals surface area contributed by atoms with Gasteiger partial charge in [0.15, 0.2) is 0 Å². The molecule has 0 unspecified atom stereocenters. The van der Waals surface area contributed by atoms with Gasteiger partial charge in [0.05, 0.1) is 24.1 Å². The van der Waals surface area contributed by atoms with Crippen LogP contribution < -0.4 is 0 Å². The molecule has 5 heteroatoms. The van der Waals surface area contributed by atoms with Crippen LogP contribution in [0.2, 0.25) is 10.0 Å². The number of hydrogen-bond acceptors (Lipinski definition) is 2. The lowest BCUT2D eigenvalue weighted by Gasteiger charge is -2.23. The smallest absolute Gasteiger partial charge is 0.227 e. The molecule has 0 radical (unpaired) electrons. The summed E-state index contributed by atoms with van der Waals surface area (Å²) in [4.78, 5) is 14.6. The molecular formula is C18H17Cl2NO2. The first-order valence-corrected chi connectivity index (χ1v) is 8.22. The molecule has 0 saturated heterocycles. The van der Waals surface area contributed by atoms with Crippen LogP contribution in [0.1, 0.15) is 35.2 Å². The fourth-order valence-corrected chi connectivity index (χ4v) is 3.63. The molecule has 1 aliphatic heterocycles. The minimum absolute atomic E-state index is 0.0208. The third-order valence-corrected chi connectivity index (χ3v) is 5.22. The van der Waals surface area contributed by atoms with E-state index in [0.717, 1.165) is 0 Å². The number of fused-ring (bicyclic) bond motifs is 1. The molecule has 3 rings (SSSR count). The van der Waals surface area contributed by atoms with Gasteiger partial charge in [0.2, 0.25) is 5.91 Å². The Kier molecular flexibility index (Phi) is 4.62. The molecule has 1 atom stereocenters. The largest absolute Gasteiger partial charge is 0.392 e. The van der Waals surface area contributed by atoms with E-state index in [1.807, 2.05) is 30.0 Å². The number of rotatable bonds is 3. The number of carbonyl (C=O) groups excluding carboxylic acids is 1. The first-order valence-electron chi connectivity index (χ1n) is 7.46. The summed E-state index contributed by atoms with van der Waals surface area (Å²) in [6.07, 6.45) is 0.129. The molecule has 0 fully saturated rings. The van der Waals surface area contributed by atoms with E-state index in [4.69, 9.17) is 23.2 Å². The van der Waals surface area contributed by atoms with E-state index in [9.17, 15) is 9.90 Å². The molecule has 120 valence electrons. The maximum absolute atomic E-state index is 12.7. The molecular weight excluding hydrogens is 333 g/mol. The third kappa shape index (κ3) is 2.97. The lowest BCUT2D eigenvalue weighted by Crippen LogP contribution is -2.29. The highest BCUT2D eigenvalue weighted by atomic mass is 35.5. The molecule has 3 nitrogen and oxygen atoms in total. The van der Waals surface area contributed by atoms with Gasteiger partial charge in [-0.15, -0.1) is 0 Å². The fourth-order valence-electron chi connectivity index (χ4n) is 3.06. The van der Waals surface area contributed by atoms with Crippen molar-refractivity contribution in [3.05, 3.63) is 68.7 Å². The zero-order valence-electron chi connectivity index (χ0n) is 12.7. The summed E-state index contributed by atoms with van der Waals surface area (Å²) in [5.74, 6) is -0.0208. The quantitative estimate of drug-likeness (QED) is 0.904. The van der Waals surface area contributed by atoms with Gasteiger partial charge in [0.25, 0.3) is 0 Å². The van der Waals surface area contributed by atoms with Crippen molar-refractivity contribution in [2.75, 3.05) is 0 Å². The van der Waals surface area contributed by atoms with Gasteiger partial charge < -0.3 is 10.0 Å². The van der Waals surface area contributed by atoms with Gasteiger partial charge in [0, 0.05) is 11.6 Å². The lowest BCUT2D eigenvalue weighted by molar-refractivity contribution is -0.132. The van der Waals surface area contributed by atoms with Crippen LogP contribution in [0.3, 0.4) is 0 Å². The van der Waals surface area contributed by atoms with Crippen LogP contribution in [0.25, 0.3) is 0 Å². The zero-order chi connectivity index (χ0) is 16.6. The second kappa shape index (κ2) is 6.52. The van der Waals surface area contributed by atoms with Crippen LogP contribution in [0.5, 0.6) is 0 Å². The standard InChI is InChI=1S/C18H17Cl2NO2/c1-11-14-5-3-2-4-12(14)9-21(11)17(23)8-15-16(19)7-6-13(10-22)18(15)20/h2-7,11,22H,8-10H2,1H3/t11-/m0/s1. The van der Waals surface area contributed by atoms with Gasteiger partial charge in [-0.05, 0) is 35.2 Å². The molecule has 1 amide bonds. The number of aliphatic hydroxyl groups excluding tert-OH is 1. The van der Waals surface area contributed by atoms with Crippen molar-refractivity contribution in [3.63, 3.8) is 0 Å². The van der Waals surface area contributed by atoms with Gasteiger partial charge in [-0.25, -0.2) is 0 Å². The van der Waals surface area contributed by atoms with E-state index in [2.05, 4.69) is 6.07 Å². The normalized spacial score (nSPS) is 16.5. The molecule has 0 spiro atoms. The minimum atomic E-state index is -0.178. The predicted molar refractivity (Wildman–Crippen MR) is 91.5 cm³/mol. The van der Waals surface area contributed by atoms with E-state index in [1.54, 1.807) is 12.1 Å². The van der Waals surface area contributed by atoms with Crippen LogP contribution in [-0.4, -0.2) is 15.9 Å². The number of aliphatic hydroxyl groups is 1. The van der Waals surface area contributed by atoms with E-state index in [1.165, 1.54) is 11.1 Å². The van der Waals surface area contributed by atoms with E-state index in [-0.39, 0.29) is 25.0 Å². The molecule has 2 aromatic carbocycles. The summed E-state index contributed by atoms with van der Waals surface area (Å²) < 4.78 is 0. The van der Waals surface area contributed by atoms with Crippen LogP contribution in [0, 0.1) is 0 Å². The Balaban J connectivity index is 1.84. The Labute approximate surface area is 145 Å². The summed E-state index contributed by atoms with van der Waals surface area (Å²) in [6.45, 7) is 2.45. The predicted octanol–water partition coefficient (Wildman–Crippen LogP) is 4.13. The minimum Gasteiger partial charge on any atom is -0.392 e. The summed E-state index contributed by atoms with van der Waals surface area (Å²) >= 11 is 12.5. The number of hydrogen-bond donors (Lipinski definition) is 1. The second-order valence-corrected chi connectivity index (χ2v) is 6.52. The summed E-state index contributed by atoms with van der Waals surface area (Å²) in [5.41, 5.74) is 3.52. The summed E-state index contributed by atoms with van der Waals surface area (Å²) in [5, 5.41) is 10.1. The van der Waals surface area contributed by atoms with Gasteiger partial charge in [-0.1, -0.05) is 53.5 Å². The average Bonchev–Trinajstić information content (AvgIpc) is 2.89. The SMILES string of the molecule is C[C@H]1c2ccccc2CN1C(=O)Cc1c(Cl)ccc(CO)c1Cl. The Bertz CT molecular complexity index is 761. The number of carbonyl (C=O) groups is 1. The van der Waals surface area contributed by atoms with Gasteiger partial charge >= 0.3 is 0 Å². The van der Waals surface area contributed by atoms with Crippen molar-refractivity contribution in [1.82, 2.24) is 4.90 Å². The number of nitrogens with zero attached hydrogens (tertiary/aromatic N) is 1. The highest BCUT2D eigenvalue weighted by molar-refractivity contribution is 6.36. The molecule has 2 aromatic rings. The van der Waals surface area contributed by atoms with Crippen molar-refractivity contribution in [2.24, 2.45) is 0 Å². The monoisotopic (exact) mass is 349 g/mol. The zero-order valence-corrected chi connectivity index (χ0v) is 14.2. The number of amides is 1. The first kappa shape index (κ1) is 16.3. The molecule has 1 aliphatic rings. The topological polar surface area (TPSA) is 40.5 Å². The number of benzene rings is 2. The Hall–Kier alpha value is -1.55. The van der Waals surface area contributed by atoms with Crippen LogP contribution in [0.15, 0.2) is 36.4 Å². The lowest BCUT2D eigenvalue weighted by atomic mass is 10.1. The third-order valence-electron chi connectivity index (χ3n) is 4.40. The molecule has 1 heterocycles. The maximum atomic E-state index is 12.7. The molecule has 23 heavy (non-hydrogen) atoms. The average molecular weight is 350 g/mol. The van der Waals surface area contributed by atoms with Gasteiger partial charge in [-0.2, -0.15) is 0 Å². The molecule has 0 aliphatic carbocycles. The van der Waals surface area contributed by atoms with Crippen LogP contribution in [-0.2, 0) is 24.4 Å². The van der Waals surface area contributed by atoms with Crippen molar-refractivity contribution in [3.8, 4) is 0 Å². The highest BCUT2D eigenvalue weighted by Crippen LogP contribution is 2.35. The van der Waals surface area contributed by atoms with Gasteiger partial charge in [0.1, 0.15) is 0 Å². The van der Waals surface area contributed by atoms with Crippen molar-refractivity contribution in [2.45, 2.75) is 32.5 Å². The van der Waals surface area contributed by atoms with Gasteiger partial charge in [-0.3, -0.25) is 4.79 Å². The fraction of sp³-hybridized carbons (Fsp3) is 0.278. The van der Waals surface area contributed by atoms with E-state index >= 15 is 0 Å². The molecule has 0 saturated carbocycles. The summed E-state index contributed by atoms with van der Waals surface area (Å²) in [6, 6.07) is 11.5. The highest BCUT2D eigenvalue weighted by Gasteiger charge is 2.30. The molecule has 0 aromatic heterocycles. The Morgan fingerprint density at radius 2 is 2.00 bits per heavy atom. The molecule has 0 bridgehead atoms. The van der Waals surface area contributed by atoms with E-state index in [0.29, 0.717) is 27.7 Å².